The van der Waals surface area contributed by atoms with Crippen LogP contribution in [0.2, 0.25) is 0 Å². The molecule has 2 saturated heterocycles. The van der Waals surface area contributed by atoms with Crippen molar-refractivity contribution in [3.05, 3.63) is 0 Å². The fourth-order valence-electron chi connectivity index (χ4n) is 6.09. The van der Waals surface area contributed by atoms with Crippen LogP contribution < -0.4 is 16.1 Å². The number of hydrazine groups is 1. The number of hydrogen-bond donors (Lipinski definition) is 3. The summed E-state index contributed by atoms with van der Waals surface area (Å²) in [6.45, 7) is 7.68. The molecule has 3 fully saturated rings. The maximum atomic E-state index is 13.9. The van der Waals surface area contributed by atoms with Gasteiger partial charge in [0.25, 0.3) is 23.4 Å². The minimum absolute atomic E-state index is 0.0828. The van der Waals surface area contributed by atoms with Gasteiger partial charge in [-0.1, -0.05) is 52.1 Å². The van der Waals surface area contributed by atoms with Crippen molar-refractivity contribution >= 4 is 41.1 Å². The van der Waals surface area contributed by atoms with Crippen molar-refractivity contribution in [3.8, 4) is 0 Å². The predicted octanol–water partition coefficient (Wildman–Crippen LogP) is 1.58. The number of nitrogens with one attached hydrogen (secondary N) is 3. The van der Waals surface area contributed by atoms with Gasteiger partial charge >= 0.3 is 6.43 Å². The molecule has 1 aliphatic carbocycles. The second-order valence-electron chi connectivity index (χ2n) is 11.1. The molecule has 220 valence electrons. The van der Waals surface area contributed by atoms with E-state index in [4.69, 9.17) is 11.6 Å². The van der Waals surface area contributed by atoms with Gasteiger partial charge in [0.1, 0.15) is 12.1 Å². The van der Waals surface area contributed by atoms with Gasteiger partial charge in [-0.2, -0.15) is 8.78 Å². The summed E-state index contributed by atoms with van der Waals surface area (Å²) in [4.78, 5) is 65.3. The van der Waals surface area contributed by atoms with Crippen molar-refractivity contribution < 1.29 is 37.1 Å². The van der Waals surface area contributed by atoms with Gasteiger partial charge in [-0.3, -0.25) is 29.4 Å². The molecule has 39 heavy (non-hydrogen) atoms. The predicted molar refractivity (Wildman–Crippen MR) is 135 cm³/mol. The van der Waals surface area contributed by atoms with Gasteiger partial charge in [0.05, 0.1) is 12.5 Å². The van der Waals surface area contributed by atoms with Crippen LogP contribution in [-0.4, -0.2) is 83.2 Å². The lowest BCUT2D eigenvalue weighted by atomic mass is 9.91. The summed E-state index contributed by atoms with van der Waals surface area (Å²) in [6.07, 6.45) is -1.44. The molecule has 0 aromatic carbocycles. The van der Waals surface area contributed by atoms with Crippen LogP contribution in [-0.2, 0) is 24.0 Å². The summed E-state index contributed by atoms with van der Waals surface area (Å²) >= 11 is 5.39. The number of halogens is 4. The summed E-state index contributed by atoms with van der Waals surface area (Å²) in [5.74, 6) is -6.20. The van der Waals surface area contributed by atoms with Crippen LogP contribution in [0.15, 0.2) is 0 Å². The van der Waals surface area contributed by atoms with Crippen molar-refractivity contribution in [3.63, 3.8) is 0 Å². The van der Waals surface area contributed by atoms with Crippen LogP contribution in [0.3, 0.4) is 0 Å². The normalized spacial score (nSPS) is 26.9. The molecule has 3 rings (SSSR count). The third kappa shape index (κ3) is 6.44. The minimum atomic E-state index is -3.32. The van der Waals surface area contributed by atoms with Gasteiger partial charge in [-0.15, -0.1) is 0 Å². The smallest absolute Gasteiger partial charge is 0.315 e. The lowest BCUT2D eigenvalue weighted by Gasteiger charge is -2.36. The highest BCUT2D eigenvalue weighted by Gasteiger charge is 2.69. The van der Waals surface area contributed by atoms with Crippen molar-refractivity contribution in [1.82, 2.24) is 26.0 Å². The van der Waals surface area contributed by atoms with Crippen molar-refractivity contribution in [2.45, 2.75) is 77.5 Å². The third-order valence-electron chi connectivity index (χ3n) is 8.54. The van der Waals surface area contributed by atoms with Crippen LogP contribution >= 0.6 is 11.6 Å². The number of rotatable bonds is 10. The zero-order chi connectivity index (χ0) is 29.2. The Labute approximate surface area is 230 Å². The Morgan fingerprint density at radius 2 is 1.82 bits per heavy atom. The second-order valence-corrected chi connectivity index (χ2v) is 11.5. The standard InChI is InChI=1S/C25H37ClF3N5O5/c1-5-12(6-2)16(31-22(37)19(28)29)23(38)33-11-14-15(25(14,3)4)17(33)21(36)32-34(24(39)18(26)27)10-13-8-7-9-30-20(13)35/h12-19H,5-11H2,1-4H3,(H,30,35)(H,31,37)(H,32,36)/t13-,14-,15-,16?,17-,18?/m0/s1. The summed E-state index contributed by atoms with van der Waals surface area (Å²) in [5.41, 5.74) is -0.428. The van der Waals surface area contributed by atoms with E-state index in [2.05, 4.69) is 16.1 Å². The average molecular weight is 580 g/mol. The number of likely N-dealkylation sites (tertiary alicyclic amines) is 1. The van der Waals surface area contributed by atoms with E-state index in [1.54, 1.807) is 13.8 Å². The fraction of sp³-hybridized carbons (Fsp3) is 0.800. The molecule has 10 nitrogen and oxygen atoms in total. The zero-order valence-electron chi connectivity index (χ0n) is 22.5. The number of piperidine rings is 2. The first-order chi connectivity index (χ1) is 18.3. The van der Waals surface area contributed by atoms with Crippen LogP contribution in [0.4, 0.5) is 13.2 Å². The molecule has 14 heteroatoms. The molecule has 0 aromatic heterocycles. The maximum absolute atomic E-state index is 13.9. The largest absolute Gasteiger partial charge is 0.356 e. The van der Waals surface area contributed by atoms with E-state index in [1.807, 2.05) is 13.8 Å². The van der Waals surface area contributed by atoms with Gasteiger partial charge in [0, 0.05) is 13.1 Å². The van der Waals surface area contributed by atoms with E-state index in [1.165, 1.54) is 4.90 Å². The maximum Gasteiger partial charge on any atom is 0.315 e. The van der Waals surface area contributed by atoms with Gasteiger partial charge in [0.2, 0.25) is 11.8 Å². The number of carbonyl (C=O) groups excluding carboxylic acids is 5. The first-order valence-electron chi connectivity index (χ1n) is 13.3. The van der Waals surface area contributed by atoms with E-state index in [0.29, 0.717) is 37.2 Å². The Bertz CT molecular complexity index is 980. The molecule has 0 bridgehead atoms. The van der Waals surface area contributed by atoms with Crippen LogP contribution in [0, 0.1) is 29.1 Å². The lowest BCUT2D eigenvalue weighted by molar-refractivity contribution is -0.151. The SMILES string of the molecule is CCC(CC)C(NC(=O)C(F)F)C(=O)N1C[C@H]2[C@@H]([C@H]1C(=O)NN(C[C@@H]1CCCNC1=O)C(=O)C(F)Cl)C2(C)C. The fourth-order valence-corrected chi connectivity index (χ4v) is 6.20. The van der Waals surface area contributed by atoms with Crippen LogP contribution in [0.25, 0.3) is 0 Å². The molecule has 1 saturated carbocycles. The van der Waals surface area contributed by atoms with Crippen LogP contribution in [0.5, 0.6) is 0 Å². The quantitative estimate of drug-likeness (QED) is 0.267. The Hall–Kier alpha value is -2.57. The molecule has 2 aliphatic heterocycles. The Balaban J connectivity index is 1.87. The molecule has 2 heterocycles. The number of hydrogen-bond acceptors (Lipinski definition) is 5. The Morgan fingerprint density at radius 1 is 1.18 bits per heavy atom. The second kappa shape index (κ2) is 12.3. The van der Waals surface area contributed by atoms with E-state index in [0.717, 1.165) is 0 Å². The van der Waals surface area contributed by atoms with E-state index < -0.39 is 59.6 Å². The number of carbonyl (C=O) groups is 5. The van der Waals surface area contributed by atoms with E-state index >= 15 is 0 Å². The molecule has 3 aliphatic rings. The summed E-state index contributed by atoms with van der Waals surface area (Å²) in [6, 6.07) is -2.39. The molecular weight excluding hydrogens is 543 g/mol. The summed E-state index contributed by atoms with van der Waals surface area (Å²) < 4.78 is 40.0. The minimum Gasteiger partial charge on any atom is -0.356 e. The first-order valence-corrected chi connectivity index (χ1v) is 13.8. The zero-order valence-corrected chi connectivity index (χ0v) is 23.3. The highest BCUT2D eigenvalue weighted by Crippen LogP contribution is 2.65. The summed E-state index contributed by atoms with van der Waals surface area (Å²) in [7, 11) is 0. The first kappa shape index (κ1) is 31.0. The Kier molecular flexibility index (Phi) is 9.77. The Morgan fingerprint density at radius 3 is 2.36 bits per heavy atom. The van der Waals surface area contributed by atoms with Crippen molar-refractivity contribution in [2.75, 3.05) is 19.6 Å². The molecule has 5 amide bonds. The monoisotopic (exact) mass is 579 g/mol. The molecule has 3 N–H and O–H groups in total. The van der Waals surface area contributed by atoms with Crippen molar-refractivity contribution in [2.24, 2.45) is 29.1 Å². The third-order valence-corrected chi connectivity index (χ3v) is 8.73. The molecule has 2 unspecified atom stereocenters. The van der Waals surface area contributed by atoms with E-state index in [9.17, 15) is 37.1 Å². The van der Waals surface area contributed by atoms with Crippen molar-refractivity contribution in [1.29, 1.82) is 0 Å². The number of amides is 5. The van der Waals surface area contributed by atoms with Gasteiger partial charge in [-0.05, 0) is 36.0 Å². The number of alkyl halides is 4. The number of nitrogens with zero attached hydrogens (tertiary/aromatic N) is 2. The van der Waals surface area contributed by atoms with Crippen LogP contribution in [0.1, 0.15) is 53.4 Å². The molecular formula is C25H37ClF3N5O5. The number of fused-ring (bicyclic) bond motifs is 1. The van der Waals surface area contributed by atoms with Gasteiger partial charge in [0.15, 0.2) is 0 Å². The highest BCUT2D eigenvalue weighted by molar-refractivity contribution is 6.29. The van der Waals surface area contributed by atoms with E-state index in [-0.39, 0.29) is 36.2 Å². The van der Waals surface area contributed by atoms with Gasteiger partial charge in [-0.25, -0.2) is 9.40 Å². The lowest BCUT2D eigenvalue weighted by Crippen LogP contribution is -2.61. The summed E-state index contributed by atoms with van der Waals surface area (Å²) in [5, 5.41) is 5.49. The molecule has 0 aromatic rings. The molecule has 0 radical (unpaired) electrons. The van der Waals surface area contributed by atoms with Gasteiger partial charge < -0.3 is 15.5 Å². The highest BCUT2D eigenvalue weighted by atomic mass is 35.5. The average Bonchev–Trinajstić information content (AvgIpc) is 3.21. The molecule has 6 atom stereocenters. The molecule has 0 spiro atoms. The topological polar surface area (TPSA) is 128 Å².